The monoisotopic (exact) mass is 1450 g/mol. The number of esters is 10. The molecule has 0 radical (unpaired) electrons. The molecule has 0 rings (SSSR count). The fraction of sp³-hybridized carbons (Fsp3) is 0.875. The van der Waals surface area contributed by atoms with Crippen LogP contribution in [0.15, 0.2) is 0 Å². The maximum absolute atomic E-state index is 13.2. The highest BCUT2D eigenvalue weighted by molar-refractivity contribution is 5.80. The molecule has 0 saturated carbocycles. The average molecular weight is 1460 g/mol. The zero-order valence-electron chi connectivity index (χ0n) is 64.2. The number of ether oxygens (including phenoxy) is 10. The first-order valence-electron chi connectivity index (χ1n) is 40.5. The molecule has 2 N–H and O–H groups in total. The van der Waals surface area contributed by atoms with E-state index in [9.17, 15) is 58.2 Å². The normalized spacial score (nSPS) is 11.3. The van der Waals surface area contributed by atoms with Crippen molar-refractivity contribution in [1.29, 1.82) is 0 Å². The van der Waals surface area contributed by atoms with Crippen molar-refractivity contribution in [3.8, 4) is 0 Å². The Balaban J connectivity index is 5.77. The highest BCUT2D eigenvalue weighted by Crippen LogP contribution is 2.19. The fourth-order valence-corrected chi connectivity index (χ4v) is 11.4. The smallest absolute Gasteiger partial charge is 0.306 e. The van der Waals surface area contributed by atoms with Crippen molar-refractivity contribution in [2.45, 2.75) is 399 Å². The maximum Gasteiger partial charge on any atom is 0.306 e. The van der Waals surface area contributed by atoms with Crippen molar-refractivity contribution in [3.05, 3.63) is 0 Å². The summed E-state index contributed by atoms with van der Waals surface area (Å²) in [6.45, 7) is 4.51. The van der Waals surface area contributed by atoms with E-state index in [1.807, 2.05) is 0 Å². The molecule has 102 heavy (non-hydrogen) atoms. The standard InChI is InChI=1S/C80H142O22/c1-5-9-13-17-21-25-29-33-37-41-45-49-71(83)93-61-68(62-94-72(84)50-46-42-38-34-30-26-22-18-14-10-6-2)100-78(90)55-53-75(87)97-65-70(102-80(92)58-57-77(89)99-67(59-81)60-82)66-98-76(88)54-56-79(91)101-69(63-95-73(85)51-47-43-39-35-31-27-23-19-15-11-7-3)64-96-74(86)52-48-44-40-36-32-28-24-20-16-12-8-4/h67-70,81-82H,5-66H2,1-4H3. The lowest BCUT2D eigenvalue weighted by Gasteiger charge is -2.19. The van der Waals surface area contributed by atoms with Crippen LogP contribution in [0.4, 0.5) is 0 Å². The van der Waals surface area contributed by atoms with Crippen molar-refractivity contribution in [2.24, 2.45) is 0 Å². The van der Waals surface area contributed by atoms with Crippen LogP contribution < -0.4 is 0 Å². The first-order chi connectivity index (χ1) is 49.6. The van der Waals surface area contributed by atoms with Crippen LogP contribution in [0.5, 0.6) is 0 Å². The van der Waals surface area contributed by atoms with Gasteiger partial charge in [0.15, 0.2) is 18.3 Å². The minimum absolute atomic E-state index is 0.163. The van der Waals surface area contributed by atoms with Gasteiger partial charge in [-0.2, -0.15) is 0 Å². The largest absolute Gasteiger partial charge is 0.462 e. The Bertz CT molecular complexity index is 1890. The van der Waals surface area contributed by atoms with E-state index in [0.717, 1.165) is 103 Å². The van der Waals surface area contributed by atoms with Crippen molar-refractivity contribution < 1.29 is 106 Å². The van der Waals surface area contributed by atoms with E-state index in [0.29, 0.717) is 25.7 Å². The molecule has 0 aromatic heterocycles. The Hall–Kier alpha value is -5.38. The minimum Gasteiger partial charge on any atom is -0.462 e. The predicted octanol–water partition coefficient (Wildman–Crippen LogP) is 17.0. The Labute approximate surface area is 614 Å². The molecular formula is C80H142O22. The quantitative estimate of drug-likeness (QED) is 0.0325. The molecule has 0 atom stereocenters. The first-order valence-corrected chi connectivity index (χ1v) is 40.5. The van der Waals surface area contributed by atoms with Crippen molar-refractivity contribution in [2.75, 3.05) is 52.9 Å². The molecule has 0 unspecified atom stereocenters. The number of hydrogen-bond donors (Lipinski definition) is 2. The molecule has 0 heterocycles. The molecule has 0 fully saturated rings. The van der Waals surface area contributed by atoms with Crippen molar-refractivity contribution in [1.82, 2.24) is 0 Å². The highest BCUT2D eigenvalue weighted by Gasteiger charge is 2.26. The van der Waals surface area contributed by atoms with Crippen LogP contribution in [0.2, 0.25) is 0 Å². The van der Waals surface area contributed by atoms with E-state index in [1.54, 1.807) is 0 Å². The molecule has 594 valence electrons. The van der Waals surface area contributed by atoms with Gasteiger partial charge in [0, 0.05) is 25.7 Å². The summed E-state index contributed by atoms with van der Waals surface area (Å²) in [5.74, 6) is -7.66. The Morgan fingerprint density at radius 1 is 0.186 bits per heavy atom. The van der Waals surface area contributed by atoms with E-state index < -0.39 is 149 Å². The molecule has 22 heteroatoms. The molecule has 22 nitrogen and oxygen atoms in total. The summed E-state index contributed by atoms with van der Waals surface area (Å²) in [5, 5.41) is 18.6. The number of unbranched alkanes of at least 4 members (excludes halogenated alkanes) is 40. The molecule has 0 aliphatic heterocycles. The molecule has 0 saturated heterocycles. The van der Waals surface area contributed by atoms with Gasteiger partial charge in [-0.25, -0.2) is 0 Å². The van der Waals surface area contributed by atoms with E-state index in [4.69, 9.17) is 47.4 Å². The molecular weight excluding hydrogens is 1310 g/mol. The number of aliphatic hydroxyl groups excluding tert-OH is 2. The lowest BCUT2D eigenvalue weighted by molar-refractivity contribution is -0.170. The van der Waals surface area contributed by atoms with Gasteiger partial charge >= 0.3 is 59.7 Å². The van der Waals surface area contributed by atoms with Gasteiger partial charge in [0.05, 0.1) is 51.7 Å². The van der Waals surface area contributed by atoms with Crippen LogP contribution in [0.25, 0.3) is 0 Å². The Morgan fingerprint density at radius 2 is 0.324 bits per heavy atom. The summed E-state index contributed by atoms with van der Waals surface area (Å²) < 4.78 is 54.0. The van der Waals surface area contributed by atoms with Gasteiger partial charge in [-0.1, -0.05) is 285 Å². The van der Waals surface area contributed by atoms with Crippen LogP contribution in [-0.4, -0.2) is 147 Å². The number of aliphatic hydroxyl groups is 2. The summed E-state index contributed by atoms with van der Waals surface area (Å²) in [6, 6.07) is 0. The van der Waals surface area contributed by atoms with Gasteiger partial charge in [-0.15, -0.1) is 0 Å². The van der Waals surface area contributed by atoms with Gasteiger partial charge in [-0.3, -0.25) is 47.9 Å². The first kappa shape index (κ1) is 96.6. The number of hydrogen-bond acceptors (Lipinski definition) is 22. The lowest BCUT2D eigenvalue weighted by Crippen LogP contribution is -2.32. The minimum atomic E-state index is -1.48. The van der Waals surface area contributed by atoms with E-state index >= 15 is 0 Å². The summed E-state index contributed by atoms with van der Waals surface area (Å²) in [5.41, 5.74) is 0. The summed E-state index contributed by atoms with van der Waals surface area (Å²) in [7, 11) is 0. The second kappa shape index (κ2) is 72.6. The summed E-state index contributed by atoms with van der Waals surface area (Å²) in [6.07, 6.45) is 41.2. The van der Waals surface area contributed by atoms with Crippen LogP contribution in [0, 0.1) is 0 Å². The molecule has 0 aromatic carbocycles. The van der Waals surface area contributed by atoms with Crippen molar-refractivity contribution in [3.63, 3.8) is 0 Å². The lowest BCUT2D eigenvalue weighted by atomic mass is 10.1. The predicted molar refractivity (Wildman–Crippen MR) is 391 cm³/mol. The maximum atomic E-state index is 13.2. The molecule has 0 spiro atoms. The molecule has 0 amide bonds. The van der Waals surface area contributed by atoms with E-state index in [2.05, 4.69) is 27.7 Å². The number of carbonyl (C=O) groups is 10. The zero-order valence-corrected chi connectivity index (χ0v) is 64.2. The molecule has 0 aliphatic carbocycles. The van der Waals surface area contributed by atoms with Gasteiger partial charge < -0.3 is 57.6 Å². The third kappa shape index (κ3) is 66.6. The fourth-order valence-electron chi connectivity index (χ4n) is 11.4. The van der Waals surface area contributed by atoms with Gasteiger partial charge in [0.25, 0.3) is 0 Å². The van der Waals surface area contributed by atoms with Gasteiger partial charge in [-0.05, 0) is 25.7 Å². The number of carbonyl (C=O) groups excluding carboxylic acids is 10. The zero-order chi connectivity index (χ0) is 75.0. The topological polar surface area (TPSA) is 303 Å². The average Bonchev–Trinajstić information content (AvgIpc) is 0.976. The van der Waals surface area contributed by atoms with Crippen LogP contribution in [0.3, 0.4) is 0 Å². The summed E-state index contributed by atoms with van der Waals surface area (Å²) in [4.78, 5) is 129. The molecule has 0 bridgehead atoms. The van der Waals surface area contributed by atoms with Gasteiger partial charge in [0.2, 0.25) is 0 Å². The summed E-state index contributed by atoms with van der Waals surface area (Å²) >= 11 is 0. The second-order valence-corrected chi connectivity index (χ2v) is 27.6. The third-order valence-corrected chi connectivity index (χ3v) is 17.7. The Kier molecular flexibility index (Phi) is 68.7. The molecule has 0 aromatic rings. The molecule has 0 aliphatic rings. The van der Waals surface area contributed by atoms with E-state index in [-0.39, 0.29) is 52.1 Å². The van der Waals surface area contributed by atoms with Crippen LogP contribution in [0.1, 0.15) is 374 Å². The van der Waals surface area contributed by atoms with Crippen LogP contribution in [-0.2, 0) is 95.3 Å². The SMILES string of the molecule is CCCCCCCCCCCCCC(=O)OCC(COC(=O)CCCCCCCCCCCCC)OC(=O)CCC(=O)OCC(COC(=O)CCC(=O)OC(COC(=O)CCCCCCCCCCCCC)COC(=O)CCCCCCCCCCCCC)OC(=O)CCC(=O)OC(CO)CO. The second-order valence-electron chi connectivity index (χ2n) is 27.6. The Morgan fingerprint density at radius 3 is 0.490 bits per heavy atom. The number of rotatable bonds is 75. The van der Waals surface area contributed by atoms with Gasteiger partial charge in [0.1, 0.15) is 45.7 Å². The highest BCUT2D eigenvalue weighted by atomic mass is 16.6. The van der Waals surface area contributed by atoms with Crippen LogP contribution >= 0.6 is 0 Å². The van der Waals surface area contributed by atoms with E-state index in [1.165, 1.54) is 154 Å². The van der Waals surface area contributed by atoms with Crippen molar-refractivity contribution >= 4 is 59.7 Å². The third-order valence-electron chi connectivity index (χ3n) is 17.7.